The summed E-state index contributed by atoms with van der Waals surface area (Å²) in [4.78, 5) is 0. The van der Waals surface area contributed by atoms with Crippen LogP contribution in [0.15, 0.2) is 0 Å². The first-order valence-corrected chi connectivity index (χ1v) is 4.57. The molecule has 2 unspecified atom stereocenters. The van der Waals surface area contributed by atoms with Crippen LogP contribution in [-0.2, 0) is 0 Å². The van der Waals surface area contributed by atoms with E-state index in [1.165, 1.54) is 6.42 Å². The molecular formula is C11H15N. The summed E-state index contributed by atoms with van der Waals surface area (Å²) in [5.41, 5.74) is -0.0776. The Balaban J connectivity index is 2.55. The highest BCUT2D eigenvalue weighted by Crippen LogP contribution is 2.44. The van der Waals surface area contributed by atoms with E-state index in [9.17, 15) is 0 Å². The molecular weight excluding hydrogens is 146 g/mol. The van der Waals surface area contributed by atoms with Gasteiger partial charge in [0.1, 0.15) is 0 Å². The number of rotatable bonds is 2. The Morgan fingerprint density at radius 2 is 2.42 bits per heavy atom. The zero-order chi connectivity index (χ0) is 9.03. The topological polar surface area (TPSA) is 23.8 Å². The first-order valence-electron chi connectivity index (χ1n) is 4.57. The van der Waals surface area contributed by atoms with Crippen molar-refractivity contribution >= 4 is 0 Å². The molecule has 0 bridgehead atoms. The van der Waals surface area contributed by atoms with Crippen molar-refractivity contribution in [1.82, 2.24) is 0 Å². The van der Waals surface area contributed by atoms with E-state index in [1.807, 2.05) is 0 Å². The molecule has 2 atom stereocenters. The van der Waals surface area contributed by atoms with Crippen molar-refractivity contribution in [3.8, 4) is 18.4 Å². The molecule has 1 saturated carbocycles. The standard InChI is InChI=1S/C11H15N/c1-3-4-6-11(9-12)7-5-10(2)8-11/h1,10H,4-8H2,2H3. The van der Waals surface area contributed by atoms with Crippen LogP contribution >= 0.6 is 0 Å². The van der Waals surface area contributed by atoms with Gasteiger partial charge >= 0.3 is 0 Å². The van der Waals surface area contributed by atoms with Crippen LogP contribution < -0.4 is 0 Å². The van der Waals surface area contributed by atoms with Gasteiger partial charge in [0.05, 0.1) is 11.5 Å². The summed E-state index contributed by atoms with van der Waals surface area (Å²) < 4.78 is 0. The minimum Gasteiger partial charge on any atom is -0.198 e. The third-order valence-corrected chi connectivity index (χ3v) is 2.84. The summed E-state index contributed by atoms with van der Waals surface area (Å²) in [6.45, 7) is 2.22. The molecule has 1 aliphatic carbocycles. The quantitative estimate of drug-likeness (QED) is 0.571. The lowest BCUT2D eigenvalue weighted by Crippen LogP contribution is -2.13. The van der Waals surface area contributed by atoms with Gasteiger partial charge in [-0.15, -0.1) is 12.3 Å². The Kier molecular flexibility index (Phi) is 2.77. The second kappa shape index (κ2) is 3.63. The van der Waals surface area contributed by atoms with Crippen molar-refractivity contribution in [3.63, 3.8) is 0 Å². The number of nitrogens with zero attached hydrogens (tertiary/aromatic N) is 1. The highest BCUT2D eigenvalue weighted by Gasteiger charge is 2.36. The predicted molar refractivity (Wildman–Crippen MR) is 49.1 cm³/mol. The molecule has 0 aromatic rings. The fourth-order valence-corrected chi connectivity index (χ4v) is 2.09. The van der Waals surface area contributed by atoms with Crippen LogP contribution in [0.1, 0.15) is 39.0 Å². The van der Waals surface area contributed by atoms with Crippen LogP contribution in [0.3, 0.4) is 0 Å². The van der Waals surface area contributed by atoms with Gasteiger partial charge in [0.25, 0.3) is 0 Å². The lowest BCUT2D eigenvalue weighted by molar-refractivity contribution is 0.368. The highest BCUT2D eigenvalue weighted by molar-refractivity contribution is 5.05. The Hall–Kier alpha value is -0.950. The van der Waals surface area contributed by atoms with Gasteiger partial charge in [-0.3, -0.25) is 0 Å². The molecule has 0 heterocycles. The third kappa shape index (κ3) is 1.80. The van der Waals surface area contributed by atoms with E-state index in [2.05, 4.69) is 18.9 Å². The summed E-state index contributed by atoms with van der Waals surface area (Å²) in [6.07, 6.45) is 10.1. The molecule has 0 aromatic carbocycles. The molecule has 1 aliphatic rings. The van der Waals surface area contributed by atoms with E-state index < -0.39 is 0 Å². The Bertz CT molecular complexity index is 230. The summed E-state index contributed by atoms with van der Waals surface area (Å²) >= 11 is 0. The van der Waals surface area contributed by atoms with Gasteiger partial charge < -0.3 is 0 Å². The Morgan fingerprint density at radius 3 is 2.83 bits per heavy atom. The molecule has 1 fully saturated rings. The summed E-state index contributed by atoms with van der Waals surface area (Å²) in [5.74, 6) is 3.33. The maximum absolute atomic E-state index is 9.04. The van der Waals surface area contributed by atoms with Crippen LogP contribution in [0, 0.1) is 35.0 Å². The van der Waals surface area contributed by atoms with E-state index in [0.717, 1.165) is 25.7 Å². The first kappa shape index (κ1) is 9.14. The smallest absolute Gasteiger partial charge is 0.0690 e. The Morgan fingerprint density at radius 1 is 1.67 bits per heavy atom. The maximum Gasteiger partial charge on any atom is 0.0690 e. The van der Waals surface area contributed by atoms with Crippen LogP contribution in [0.5, 0.6) is 0 Å². The molecule has 0 aliphatic heterocycles. The summed E-state index contributed by atoms with van der Waals surface area (Å²) in [6, 6.07) is 2.45. The van der Waals surface area contributed by atoms with Crippen LogP contribution in [0.25, 0.3) is 0 Å². The lowest BCUT2D eigenvalue weighted by atomic mass is 9.82. The average molecular weight is 161 g/mol. The van der Waals surface area contributed by atoms with Crippen molar-refractivity contribution in [3.05, 3.63) is 0 Å². The van der Waals surface area contributed by atoms with E-state index in [0.29, 0.717) is 5.92 Å². The minimum absolute atomic E-state index is 0.0776. The second-order valence-corrected chi connectivity index (χ2v) is 3.94. The van der Waals surface area contributed by atoms with E-state index in [-0.39, 0.29) is 5.41 Å². The van der Waals surface area contributed by atoms with Crippen molar-refractivity contribution in [1.29, 1.82) is 5.26 Å². The molecule has 0 N–H and O–H groups in total. The van der Waals surface area contributed by atoms with Gasteiger partial charge in [0, 0.05) is 6.42 Å². The first-order chi connectivity index (χ1) is 5.72. The zero-order valence-corrected chi connectivity index (χ0v) is 7.64. The second-order valence-electron chi connectivity index (χ2n) is 3.94. The molecule has 0 aromatic heterocycles. The van der Waals surface area contributed by atoms with Crippen LogP contribution in [0.2, 0.25) is 0 Å². The fraction of sp³-hybridized carbons (Fsp3) is 0.727. The number of terminal acetylenes is 1. The van der Waals surface area contributed by atoms with Crippen molar-refractivity contribution < 1.29 is 0 Å². The molecule has 64 valence electrons. The summed E-state index contributed by atoms with van der Waals surface area (Å²) in [5, 5.41) is 9.04. The van der Waals surface area contributed by atoms with Gasteiger partial charge in [-0.25, -0.2) is 0 Å². The molecule has 1 heteroatoms. The van der Waals surface area contributed by atoms with Gasteiger partial charge in [-0.1, -0.05) is 6.92 Å². The van der Waals surface area contributed by atoms with Crippen molar-refractivity contribution in [2.75, 3.05) is 0 Å². The number of hydrogen-bond donors (Lipinski definition) is 0. The molecule has 0 saturated heterocycles. The molecule has 1 rings (SSSR count). The number of hydrogen-bond acceptors (Lipinski definition) is 1. The molecule has 12 heavy (non-hydrogen) atoms. The van der Waals surface area contributed by atoms with E-state index in [4.69, 9.17) is 11.7 Å². The van der Waals surface area contributed by atoms with Gasteiger partial charge in [0.15, 0.2) is 0 Å². The van der Waals surface area contributed by atoms with Gasteiger partial charge in [0.2, 0.25) is 0 Å². The SMILES string of the molecule is C#CCCC1(C#N)CCC(C)C1. The monoisotopic (exact) mass is 161 g/mol. The van der Waals surface area contributed by atoms with Crippen LogP contribution in [-0.4, -0.2) is 0 Å². The average Bonchev–Trinajstić information content (AvgIpc) is 2.45. The molecule has 0 radical (unpaired) electrons. The van der Waals surface area contributed by atoms with E-state index in [1.54, 1.807) is 0 Å². The van der Waals surface area contributed by atoms with Gasteiger partial charge in [-0.2, -0.15) is 5.26 Å². The molecule has 0 amide bonds. The van der Waals surface area contributed by atoms with Gasteiger partial charge in [-0.05, 0) is 31.6 Å². The molecule has 1 nitrogen and oxygen atoms in total. The van der Waals surface area contributed by atoms with E-state index >= 15 is 0 Å². The highest BCUT2D eigenvalue weighted by atomic mass is 14.4. The lowest BCUT2D eigenvalue weighted by Gasteiger charge is -2.18. The largest absolute Gasteiger partial charge is 0.198 e. The maximum atomic E-state index is 9.04. The third-order valence-electron chi connectivity index (χ3n) is 2.84. The van der Waals surface area contributed by atoms with Crippen molar-refractivity contribution in [2.24, 2.45) is 11.3 Å². The fourth-order valence-electron chi connectivity index (χ4n) is 2.09. The van der Waals surface area contributed by atoms with Crippen molar-refractivity contribution in [2.45, 2.75) is 39.0 Å². The predicted octanol–water partition coefficient (Wildman–Crippen LogP) is 2.73. The minimum atomic E-state index is -0.0776. The van der Waals surface area contributed by atoms with Crippen LogP contribution in [0.4, 0.5) is 0 Å². The normalized spacial score (nSPS) is 34.1. The number of nitriles is 1. The zero-order valence-electron chi connectivity index (χ0n) is 7.64. The summed E-state index contributed by atoms with van der Waals surface area (Å²) in [7, 11) is 0. The Labute approximate surface area is 74.8 Å². The molecule has 0 spiro atoms.